The van der Waals surface area contributed by atoms with Crippen molar-refractivity contribution in [2.24, 2.45) is 0 Å². The van der Waals surface area contributed by atoms with Gasteiger partial charge < -0.3 is 8.85 Å². The van der Waals surface area contributed by atoms with Crippen LogP contribution in [0, 0.1) is 0 Å². The molecule has 0 unspecified atom stereocenters. The molecule has 21 heteroatoms. The van der Waals surface area contributed by atoms with E-state index in [2.05, 4.69) is 0 Å². The summed E-state index contributed by atoms with van der Waals surface area (Å²) in [7, 11) is -4.88. The number of benzene rings is 2. The second kappa shape index (κ2) is 15.7. The molecule has 0 aliphatic rings. The van der Waals surface area contributed by atoms with Crippen LogP contribution >= 0.6 is 0 Å². The third-order valence-electron chi connectivity index (χ3n) is 10.4. The largest absolute Gasteiger partial charge is 0.460 e. The summed E-state index contributed by atoms with van der Waals surface area (Å²) in [5.74, 6) is -40.7. The molecule has 0 spiro atoms. The molecule has 0 saturated carbocycles. The molecular formula is C36H44F16O3Si2. The van der Waals surface area contributed by atoms with Crippen LogP contribution in [0.2, 0.25) is 36.3 Å². The first-order valence-electron chi connectivity index (χ1n) is 17.1. The van der Waals surface area contributed by atoms with Gasteiger partial charge in [-0.05, 0) is 94.8 Å². The molecule has 2 aromatic carbocycles. The number of carbonyl (C=O) groups is 1. The lowest BCUT2D eigenvalue weighted by Crippen LogP contribution is -2.70. The summed E-state index contributed by atoms with van der Waals surface area (Å²) in [5, 5.41) is -0.560. The first-order valence-corrected chi connectivity index (χ1v) is 22.9. The minimum atomic E-state index is -8.11. The zero-order chi connectivity index (χ0) is 45.0. The molecule has 0 radical (unpaired) electrons. The van der Waals surface area contributed by atoms with E-state index in [1.807, 2.05) is 67.7 Å². The molecule has 0 saturated heterocycles. The Bertz CT molecular complexity index is 1710. The van der Waals surface area contributed by atoms with Gasteiger partial charge in [0.15, 0.2) is 16.6 Å². The summed E-state index contributed by atoms with van der Waals surface area (Å²) in [6.45, 7) is 19.3. The van der Waals surface area contributed by atoms with Gasteiger partial charge in [-0.1, -0.05) is 53.7 Å². The molecular weight excluding hydrogens is 841 g/mol. The standard InChI is InChI=1S/C36H44F16O3Si2/c1-28(2,3)56(7,8)54-19-22-13-23(20-55-57(9,10)29(4,5)6)17-24(16-22)25-14-21(15-26(18-25)27(53)31(39,40)41)11-12-30(37,38)32(42,43)33(44,45)34(46,47)35(48,49)36(50,51)52/h13-18H,11-12,19-20H2,1-10H3. The highest BCUT2D eigenvalue weighted by Gasteiger charge is 2.90. The lowest BCUT2D eigenvalue weighted by molar-refractivity contribution is -0.440. The molecule has 326 valence electrons. The van der Waals surface area contributed by atoms with Gasteiger partial charge in [0, 0.05) is 12.0 Å². The van der Waals surface area contributed by atoms with Crippen LogP contribution in [0.1, 0.15) is 75.0 Å². The second-order valence-corrected chi connectivity index (χ2v) is 26.5. The Morgan fingerprint density at radius 2 is 0.877 bits per heavy atom. The molecule has 0 amide bonds. The van der Waals surface area contributed by atoms with Crippen molar-refractivity contribution in [3.05, 3.63) is 58.7 Å². The van der Waals surface area contributed by atoms with Crippen LogP contribution in [0.15, 0.2) is 36.4 Å². The summed E-state index contributed by atoms with van der Waals surface area (Å²) in [6, 6.07) is 6.22. The zero-order valence-corrected chi connectivity index (χ0v) is 34.6. The Hall–Kier alpha value is -2.66. The van der Waals surface area contributed by atoms with Crippen molar-refractivity contribution < 1.29 is 83.9 Å². The lowest BCUT2D eigenvalue weighted by Gasteiger charge is -2.39. The Labute approximate surface area is 321 Å². The topological polar surface area (TPSA) is 35.5 Å². The average Bonchev–Trinajstić information content (AvgIpc) is 3.02. The third-order valence-corrected chi connectivity index (χ3v) is 19.4. The van der Waals surface area contributed by atoms with Gasteiger partial charge in [0.25, 0.3) is 5.78 Å². The number of hydrogen-bond acceptors (Lipinski definition) is 3. The number of halogens is 16. The van der Waals surface area contributed by atoms with Gasteiger partial charge in [0.05, 0.1) is 13.2 Å². The second-order valence-electron chi connectivity index (χ2n) is 16.9. The van der Waals surface area contributed by atoms with E-state index >= 15 is 0 Å². The van der Waals surface area contributed by atoms with Gasteiger partial charge >= 0.3 is 42.0 Å². The van der Waals surface area contributed by atoms with E-state index in [0.29, 0.717) is 17.2 Å². The van der Waals surface area contributed by atoms with Gasteiger partial charge in [0.2, 0.25) is 0 Å². The maximum Gasteiger partial charge on any atom is 0.460 e. The monoisotopic (exact) mass is 884 g/mol. The van der Waals surface area contributed by atoms with Crippen molar-refractivity contribution in [2.45, 2.75) is 146 Å². The van der Waals surface area contributed by atoms with Gasteiger partial charge in [-0.25, -0.2) is 0 Å². The molecule has 0 heterocycles. The molecule has 0 N–H and O–H groups in total. The van der Waals surface area contributed by atoms with Crippen LogP contribution in [0.3, 0.4) is 0 Å². The molecule has 0 aromatic heterocycles. The molecule has 57 heavy (non-hydrogen) atoms. The van der Waals surface area contributed by atoms with Gasteiger partial charge in [-0.3, -0.25) is 4.79 Å². The number of Topliss-reactive ketones (excluding diaryl/α,β-unsaturated/α-hetero) is 1. The molecule has 0 atom stereocenters. The third kappa shape index (κ3) is 10.4. The van der Waals surface area contributed by atoms with E-state index in [9.17, 15) is 75.0 Å². The Morgan fingerprint density at radius 1 is 0.509 bits per heavy atom. The maximum absolute atomic E-state index is 14.7. The molecule has 0 aliphatic carbocycles. The smallest absolute Gasteiger partial charge is 0.413 e. The number of aryl methyl sites for hydroxylation is 1. The van der Waals surface area contributed by atoms with Crippen LogP contribution in [0.4, 0.5) is 70.2 Å². The van der Waals surface area contributed by atoms with Crippen LogP contribution in [-0.2, 0) is 28.5 Å². The van der Waals surface area contributed by atoms with E-state index in [-0.39, 0.29) is 40.5 Å². The number of alkyl halides is 16. The van der Waals surface area contributed by atoms with Crippen molar-refractivity contribution in [1.29, 1.82) is 0 Å². The summed E-state index contributed by atoms with van der Waals surface area (Å²) in [4.78, 5) is 12.4. The van der Waals surface area contributed by atoms with Crippen molar-refractivity contribution in [3.8, 4) is 11.1 Å². The van der Waals surface area contributed by atoms with E-state index in [4.69, 9.17) is 8.85 Å². The Balaban J connectivity index is 2.76. The molecule has 2 rings (SSSR count). The van der Waals surface area contributed by atoms with E-state index < -0.39 is 88.4 Å². The fourth-order valence-corrected chi connectivity index (χ4v) is 6.54. The van der Waals surface area contributed by atoms with E-state index in [1.165, 1.54) is 12.1 Å². The van der Waals surface area contributed by atoms with Crippen LogP contribution < -0.4 is 0 Å². The fourth-order valence-electron chi connectivity index (χ4n) is 4.61. The Kier molecular flexibility index (Phi) is 13.9. The first-order chi connectivity index (χ1) is 25.0. The lowest BCUT2D eigenvalue weighted by atomic mass is 9.89. The molecule has 3 nitrogen and oxygen atoms in total. The highest BCUT2D eigenvalue weighted by molar-refractivity contribution is 6.74. The predicted octanol–water partition coefficient (Wildman–Crippen LogP) is 13.8. The SMILES string of the molecule is CC(C)(C)[Si](C)(C)OCc1cc(CO[Si](C)(C)C(C)(C)C)cc(-c2cc(CCC(F)(F)C(F)(F)C(F)(F)C(F)(F)C(F)(F)C(F)(F)F)cc(C(=O)C(F)(F)F)c2)c1. The molecule has 0 bridgehead atoms. The summed E-state index contributed by atoms with van der Waals surface area (Å²) in [5.41, 5.74) is -1.59. The Morgan fingerprint density at radius 3 is 1.25 bits per heavy atom. The maximum atomic E-state index is 14.7. The first kappa shape index (κ1) is 50.5. The van der Waals surface area contributed by atoms with Gasteiger partial charge in [-0.15, -0.1) is 0 Å². The van der Waals surface area contributed by atoms with Crippen molar-refractivity contribution in [2.75, 3.05) is 0 Å². The molecule has 0 fully saturated rings. The number of ketones is 1. The predicted molar refractivity (Wildman–Crippen MR) is 185 cm³/mol. The highest BCUT2D eigenvalue weighted by Crippen LogP contribution is 2.61. The summed E-state index contributed by atoms with van der Waals surface area (Å²) in [6.07, 6.45) is -17.6. The number of hydrogen-bond donors (Lipinski definition) is 0. The minimum absolute atomic E-state index is 0.0101. The summed E-state index contributed by atoms with van der Waals surface area (Å²) >= 11 is 0. The van der Waals surface area contributed by atoms with Crippen molar-refractivity contribution in [3.63, 3.8) is 0 Å². The van der Waals surface area contributed by atoms with Gasteiger partial charge in [-0.2, -0.15) is 70.2 Å². The van der Waals surface area contributed by atoms with E-state index in [1.54, 1.807) is 6.07 Å². The number of carbonyl (C=O) groups excluding carboxylic acids is 1. The van der Waals surface area contributed by atoms with Crippen molar-refractivity contribution >= 4 is 22.4 Å². The normalized spacial score (nSPS) is 15.0. The molecule has 2 aromatic rings. The van der Waals surface area contributed by atoms with E-state index in [0.717, 1.165) is 6.07 Å². The quantitative estimate of drug-likeness (QED) is 0.102. The zero-order valence-electron chi connectivity index (χ0n) is 32.6. The van der Waals surface area contributed by atoms with Crippen LogP contribution in [0.25, 0.3) is 11.1 Å². The average molecular weight is 885 g/mol. The van der Waals surface area contributed by atoms with Crippen molar-refractivity contribution in [1.82, 2.24) is 0 Å². The highest BCUT2D eigenvalue weighted by atomic mass is 28.4. The molecule has 0 aliphatic heterocycles. The van der Waals surface area contributed by atoms with Crippen LogP contribution in [0.5, 0.6) is 0 Å². The fraction of sp³-hybridized carbons (Fsp3) is 0.639. The van der Waals surface area contributed by atoms with Crippen LogP contribution in [-0.4, -0.2) is 64.4 Å². The number of rotatable bonds is 15. The van der Waals surface area contributed by atoms with Gasteiger partial charge in [0.1, 0.15) is 0 Å². The summed E-state index contributed by atoms with van der Waals surface area (Å²) < 4.78 is 232. The minimum Gasteiger partial charge on any atom is -0.413 e.